The first-order valence-corrected chi connectivity index (χ1v) is 8.27. The zero-order chi connectivity index (χ0) is 15.5. The van der Waals surface area contributed by atoms with E-state index >= 15 is 0 Å². The molecule has 2 nitrogen and oxygen atoms in total. The van der Waals surface area contributed by atoms with Crippen molar-refractivity contribution in [1.82, 2.24) is 5.32 Å². The lowest BCUT2D eigenvalue weighted by molar-refractivity contribution is -0.00505. The molecule has 0 saturated heterocycles. The molecular formula is C19H31NO. The van der Waals surface area contributed by atoms with Gasteiger partial charge in [0.15, 0.2) is 0 Å². The van der Waals surface area contributed by atoms with Crippen LogP contribution in [0.1, 0.15) is 62.3 Å². The highest BCUT2D eigenvalue weighted by atomic mass is 16.5. The molecule has 2 rings (SSSR count). The summed E-state index contributed by atoms with van der Waals surface area (Å²) in [5.74, 6) is 0. The minimum atomic E-state index is 0.290. The number of benzene rings is 1. The number of hydrogen-bond donors (Lipinski definition) is 1. The third-order valence-corrected chi connectivity index (χ3v) is 4.78. The molecule has 118 valence electrons. The topological polar surface area (TPSA) is 21.3 Å². The first kappa shape index (κ1) is 16.5. The normalized spacial score (nSPS) is 20.4. The Labute approximate surface area is 130 Å². The lowest BCUT2D eigenvalue weighted by Crippen LogP contribution is -2.30. The average molecular weight is 289 g/mol. The highest BCUT2D eigenvalue weighted by Crippen LogP contribution is 2.36. The molecule has 1 atom stereocenters. The van der Waals surface area contributed by atoms with Gasteiger partial charge >= 0.3 is 0 Å². The van der Waals surface area contributed by atoms with Gasteiger partial charge in [0, 0.05) is 0 Å². The van der Waals surface area contributed by atoms with Crippen molar-refractivity contribution in [3.05, 3.63) is 34.9 Å². The van der Waals surface area contributed by atoms with Crippen LogP contribution in [-0.4, -0.2) is 19.8 Å². The Balaban J connectivity index is 1.91. The molecule has 1 unspecified atom stereocenters. The molecular weight excluding hydrogens is 258 g/mol. The van der Waals surface area contributed by atoms with Gasteiger partial charge in [-0.25, -0.2) is 0 Å². The van der Waals surface area contributed by atoms with Gasteiger partial charge in [-0.2, -0.15) is 0 Å². The minimum absolute atomic E-state index is 0.290. The molecule has 1 N–H and O–H groups in total. The van der Waals surface area contributed by atoms with Gasteiger partial charge in [0.1, 0.15) is 0 Å². The average Bonchev–Trinajstić information content (AvgIpc) is 2.40. The zero-order valence-electron chi connectivity index (χ0n) is 14.3. The Morgan fingerprint density at radius 3 is 2.24 bits per heavy atom. The van der Waals surface area contributed by atoms with Crippen molar-refractivity contribution >= 4 is 0 Å². The van der Waals surface area contributed by atoms with E-state index in [0.29, 0.717) is 17.6 Å². The Hall–Kier alpha value is -0.860. The van der Waals surface area contributed by atoms with E-state index in [9.17, 15) is 0 Å². The van der Waals surface area contributed by atoms with Gasteiger partial charge in [0.05, 0.1) is 18.8 Å². The van der Waals surface area contributed by atoms with E-state index in [4.69, 9.17) is 4.74 Å². The summed E-state index contributed by atoms with van der Waals surface area (Å²) in [6.45, 7) is 9.83. The van der Waals surface area contributed by atoms with E-state index in [1.165, 1.54) is 42.4 Å². The summed E-state index contributed by atoms with van der Waals surface area (Å²) in [6, 6.07) is 7.04. The summed E-state index contributed by atoms with van der Waals surface area (Å²) < 4.78 is 6.20. The van der Waals surface area contributed by atoms with E-state index < -0.39 is 0 Å². The Morgan fingerprint density at radius 1 is 1.14 bits per heavy atom. The molecule has 0 heterocycles. The van der Waals surface area contributed by atoms with Crippen molar-refractivity contribution in [2.45, 2.75) is 65.5 Å². The maximum atomic E-state index is 6.20. The van der Waals surface area contributed by atoms with Crippen LogP contribution in [0, 0.1) is 19.3 Å². The first-order valence-electron chi connectivity index (χ1n) is 8.27. The maximum absolute atomic E-state index is 6.20. The van der Waals surface area contributed by atoms with Gasteiger partial charge in [0.25, 0.3) is 0 Å². The summed E-state index contributed by atoms with van der Waals surface area (Å²) >= 11 is 0. The van der Waals surface area contributed by atoms with Gasteiger partial charge in [0.2, 0.25) is 0 Å². The number of nitrogens with one attached hydrogen (secondary N) is 1. The van der Waals surface area contributed by atoms with Crippen LogP contribution in [0.3, 0.4) is 0 Å². The summed E-state index contributed by atoms with van der Waals surface area (Å²) in [7, 11) is 2.02. The van der Waals surface area contributed by atoms with Crippen molar-refractivity contribution in [2.75, 3.05) is 13.7 Å². The Morgan fingerprint density at radius 2 is 1.71 bits per heavy atom. The smallest absolute Gasteiger partial charge is 0.0665 e. The van der Waals surface area contributed by atoms with Gasteiger partial charge in [-0.3, -0.25) is 0 Å². The number of likely N-dealkylation sites (N-methyl/N-ethyl adjacent to an activating group) is 1. The Kier molecular flexibility index (Phi) is 5.45. The summed E-state index contributed by atoms with van der Waals surface area (Å²) in [5.41, 5.74) is 4.50. The second-order valence-corrected chi connectivity index (χ2v) is 7.46. The second-order valence-electron chi connectivity index (χ2n) is 7.46. The van der Waals surface area contributed by atoms with Crippen molar-refractivity contribution in [1.29, 1.82) is 0 Å². The second kappa shape index (κ2) is 6.93. The number of rotatable bonds is 5. The van der Waals surface area contributed by atoms with Crippen LogP contribution >= 0.6 is 0 Å². The van der Waals surface area contributed by atoms with Crippen LogP contribution in [0.25, 0.3) is 0 Å². The van der Waals surface area contributed by atoms with Gasteiger partial charge < -0.3 is 10.1 Å². The maximum Gasteiger partial charge on any atom is 0.0665 e. The van der Waals surface area contributed by atoms with E-state index in [1.54, 1.807) is 0 Å². The van der Waals surface area contributed by atoms with Crippen molar-refractivity contribution in [3.63, 3.8) is 0 Å². The third kappa shape index (κ3) is 4.82. The quantitative estimate of drug-likeness (QED) is 0.858. The summed E-state index contributed by atoms with van der Waals surface area (Å²) in [6.07, 6.45) is 5.42. The molecule has 0 radical (unpaired) electrons. The molecule has 0 aliphatic heterocycles. The number of hydrogen-bond acceptors (Lipinski definition) is 2. The van der Waals surface area contributed by atoms with Gasteiger partial charge in [-0.1, -0.05) is 43.2 Å². The Bertz CT molecular complexity index is 436. The minimum Gasteiger partial charge on any atom is -0.376 e. The molecule has 1 aliphatic rings. The summed E-state index contributed by atoms with van der Waals surface area (Å²) in [5, 5.41) is 3.40. The zero-order valence-corrected chi connectivity index (χ0v) is 14.3. The van der Waals surface area contributed by atoms with Gasteiger partial charge in [-0.15, -0.1) is 0 Å². The molecule has 0 amide bonds. The highest BCUT2D eigenvalue weighted by molar-refractivity contribution is 5.30. The standard InChI is InChI=1S/C19H31NO/c1-14-10-15(2)12-16(11-14)18(20-5)13-21-17-6-8-19(3,4)9-7-17/h10-12,17-18,20H,6-9,13H2,1-5H3. The third-order valence-electron chi connectivity index (χ3n) is 4.78. The van der Waals surface area contributed by atoms with Crippen LogP contribution in [0.4, 0.5) is 0 Å². The van der Waals surface area contributed by atoms with E-state index in [1.807, 2.05) is 7.05 Å². The highest BCUT2D eigenvalue weighted by Gasteiger charge is 2.27. The van der Waals surface area contributed by atoms with Crippen molar-refractivity contribution in [2.24, 2.45) is 5.41 Å². The van der Waals surface area contributed by atoms with Crippen LogP contribution in [-0.2, 0) is 4.74 Å². The fourth-order valence-electron chi connectivity index (χ4n) is 3.33. The molecule has 1 fully saturated rings. The first-order chi connectivity index (χ1) is 9.89. The molecule has 1 aromatic carbocycles. The number of aryl methyl sites for hydroxylation is 2. The molecule has 0 aromatic heterocycles. The SMILES string of the molecule is CNC(COC1CCC(C)(C)CC1)c1cc(C)cc(C)c1. The van der Waals surface area contributed by atoms with Crippen LogP contribution < -0.4 is 5.32 Å². The van der Waals surface area contributed by atoms with Crippen molar-refractivity contribution < 1.29 is 4.74 Å². The lowest BCUT2D eigenvalue weighted by atomic mass is 9.76. The number of ether oxygens (including phenoxy) is 1. The van der Waals surface area contributed by atoms with Crippen LogP contribution in [0.2, 0.25) is 0 Å². The molecule has 1 saturated carbocycles. The molecule has 1 aliphatic carbocycles. The largest absolute Gasteiger partial charge is 0.376 e. The van der Waals surface area contributed by atoms with Gasteiger partial charge in [-0.05, 0) is 57.6 Å². The van der Waals surface area contributed by atoms with Crippen LogP contribution in [0.5, 0.6) is 0 Å². The molecule has 2 heteroatoms. The predicted molar refractivity (Wildman–Crippen MR) is 89.7 cm³/mol. The summed E-state index contributed by atoms with van der Waals surface area (Å²) in [4.78, 5) is 0. The molecule has 0 bridgehead atoms. The van der Waals surface area contributed by atoms with E-state index in [0.717, 1.165) is 6.61 Å². The monoisotopic (exact) mass is 289 g/mol. The lowest BCUT2D eigenvalue weighted by Gasteiger charge is -2.34. The molecule has 1 aromatic rings. The van der Waals surface area contributed by atoms with E-state index in [2.05, 4.69) is 51.2 Å². The van der Waals surface area contributed by atoms with Crippen LogP contribution in [0.15, 0.2) is 18.2 Å². The van der Waals surface area contributed by atoms with Crippen molar-refractivity contribution in [3.8, 4) is 0 Å². The molecule has 0 spiro atoms. The molecule has 21 heavy (non-hydrogen) atoms. The fraction of sp³-hybridized carbons (Fsp3) is 0.684. The van der Waals surface area contributed by atoms with E-state index in [-0.39, 0.29) is 0 Å². The fourth-order valence-corrected chi connectivity index (χ4v) is 3.33. The predicted octanol–water partition coefficient (Wildman–Crippen LogP) is 4.55.